The Morgan fingerprint density at radius 2 is 1.48 bits per heavy atom. The normalized spacial score (nSPS) is 11.3. The minimum atomic E-state index is -3.83. The fourth-order valence-electron chi connectivity index (χ4n) is 2.98. The van der Waals surface area contributed by atoms with Crippen LogP contribution in [0.25, 0.3) is 11.3 Å². The number of rotatable bonds is 6. The molecule has 0 atom stereocenters. The van der Waals surface area contributed by atoms with Gasteiger partial charge >= 0.3 is 0 Å². The number of nitrogens with zero attached hydrogens (tertiary/aromatic N) is 2. The van der Waals surface area contributed by atoms with Gasteiger partial charge in [0.1, 0.15) is 10.6 Å². The van der Waals surface area contributed by atoms with Crippen LogP contribution < -0.4 is 4.72 Å². The van der Waals surface area contributed by atoms with Gasteiger partial charge in [0.2, 0.25) is 0 Å². The average molecular weight is 468 g/mol. The second-order valence-corrected chi connectivity index (χ2v) is 9.07. The van der Waals surface area contributed by atoms with Crippen LogP contribution in [0.4, 0.5) is 5.69 Å². The highest BCUT2D eigenvalue weighted by atomic mass is 79.9. The standard InChI is InChI=1S/C22H18BrN3O2S/c23-19-11-13-20(14-12-19)25-29(27,28)21-16-26(15-17-7-3-1-4-8-17)24-22(21)18-9-5-2-6-10-18/h1-14,16,25H,15H2. The molecule has 29 heavy (non-hydrogen) atoms. The van der Waals surface area contributed by atoms with Crippen LogP contribution in [0.5, 0.6) is 0 Å². The van der Waals surface area contributed by atoms with Crippen molar-refractivity contribution >= 4 is 31.6 Å². The number of anilines is 1. The molecule has 0 aliphatic heterocycles. The van der Waals surface area contributed by atoms with Gasteiger partial charge in [0, 0.05) is 21.9 Å². The van der Waals surface area contributed by atoms with Crippen molar-refractivity contribution in [1.82, 2.24) is 9.78 Å². The van der Waals surface area contributed by atoms with Gasteiger partial charge in [-0.25, -0.2) is 8.42 Å². The van der Waals surface area contributed by atoms with E-state index in [1.807, 2.05) is 60.7 Å². The highest BCUT2D eigenvalue weighted by molar-refractivity contribution is 9.10. The smallest absolute Gasteiger partial charge is 0.265 e. The van der Waals surface area contributed by atoms with E-state index in [0.717, 1.165) is 15.6 Å². The number of sulfonamides is 1. The molecule has 1 aromatic heterocycles. The highest BCUT2D eigenvalue weighted by Gasteiger charge is 2.24. The van der Waals surface area contributed by atoms with E-state index in [2.05, 4.69) is 25.8 Å². The third-order valence-electron chi connectivity index (χ3n) is 4.35. The fourth-order valence-corrected chi connectivity index (χ4v) is 4.47. The average Bonchev–Trinajstić information content (AvgIpc) is 3.16. The molecule has 3 aromatic carbocycles. The van der Waals surface area contributed by atoms with E-state index in [0.29, 0.717) is 17.9 Å². The molecule has 0 spiro atoms. The van der Waals surface area contributed by atoms with Crippen molar-refractivity contribution in [1.29, 1.82) is 0 Å². The summed E-state index contributed by atoms with van der Waals surface area (Å²) in [6.07, 6.45) is 1.58. The maximum Gasteiger partial charge on any atom is 0.265 e. The molecule has 7 heteroatoms. The summed E-state index contributed by atoms with van der Waals surface area (Å²) < 4.78 is 31.5. The largest absolute Gasteiger partial charge is 0.280 e. The Morgan fingerprint density at radius 3 is 2.14 bits per heavy atom. The van der Waals surface area contributed by atoms with Crippen LogP contribution >= 0.6 is 15.9 Å². The van der Waals surface area contributed by atoms with Crippen molar-refractivity contribution < 1.29 is 8.42 Å². The minimum Gasteiger partial charge on any atom is -0.280 e. The summed E-state index contributed by atoms with van der Waals surface area (Å²) in [6, 6.07) is 26.1. The molecule has 0 fully saturated rings. The number of nitrogens with one attached hydrogen (secondary N) is 1. The summed E-state index contributed by atoms with van der Waals surface area (Å²) in [6.45, 7) is 0.481. The zero-order valence-electron chi connectivity index (χ0n) is 15.4. The van der Waals surface area contributed by atoms with E-state index in [-0.39, 0.29) is 4.90 Å². The third kappa shape index (κ3) is 4.58. The molecule has 1 heterocycles. The van der Waals surface area contributed by atoms with E-state index in [4.69, 9.17) is 0 Å². The van der Waals surface area contributed by atoms with Crippen molar-refractivity contribution in [2.24, 2.45) is 0 Å². The first kappa shape index (κ1) is 19.4. The lowest BCUT2D eigenvalue weighted by molar-refractivity contribution is 0.601. The molecule has 0 bridgehead atoms. The zero-order chi connectivity index (χ0) is 20.3. The van der Waals surface area contributed by atoms with Crippen LogP contribution in [-0.4, -0.2) is 18.2 Å². The van der Waals surface area contributed by atoms with Crippen molar-refractivity contribution in [3.63, 3.8) is 0 Å². The molecule has 5 nitrogen and oxygen atoms in total. The Bertz CT molecular complexity index is 1210. The Labute approximate surface area is 178 Å². The number of aromatic nitrogens is 2. The first-order valence-corrected chi connectivity index (χ1v) is 11.2. The topological polar surface area (TPSA) is 64.0 Å². The summed E-state index contributed by atoms with van der Waals surface area (Å²) in [5, 5.41) is 4.59. The van der Waals surface area contributed by atoms with Crippen LogP contribution in [-0.2, 0) is 16.6 Å². The van der Waals surface area contributed by atoms with E-state index in [1.165, 1.54) is 0 Å². The first-order valence-electron chi connectivity index (χ1n) is 8.96. The molecule has 0 amide bonds. The SMILES string of the molecule is O=S(=O)(Nc1ccc(Br)cc1)c1cn(Cc2ccccc2)nc1-c1ccccc1. The second kappa shape index (κ2) is 8.23. The number of hydrogen-bond donors (Lipinski definition) is 1. The predicted octanol–water partition coefficient (Wildman–Crippen LogP) is 5.16. The minimum absolute atomic E-state index is 0.141. The van der Waals surface area contributed by atoms with Gasteiger partial charge in [-0.1, -0.05) is 76.6 Å². The highest BCUT2D eigenvalue weighted by Crippen LogP contribution is 2.28. The molecule has 146 valence electrons. The Balaban J connectivity index is 1.74. The monoisotopic (exact) mass is 467 g/mol. The van der Waals surface area contributed by atoms with Gasteiger partial charge in [0.15, 0.2) is 0 Å². The molecule has 0 unspecified atom stereocenters. The number of benzene rings is 3. The Kier molecular flexibility index (Phi) is 5.51. The lowest BCUT2D eigenvalue weighted by Gasteiger charge is -2.08. The quantitative estimate of drug-likeness (QED) is 0.425. The summed E-state index contributed by atoms with van der Waals surface area (Å²) in [4.78, 5) is 0.141. The van der Waals surface area contributed by atoms with E-state index in [9.17, 15) is 8.42 Å². The van der Waals surface area contributed by atoms with Crippen molar-refractivity contribution in [2.45, 2.75) is 11.4 Å². The lowest BCUT2D eigenvalue weighted by atomic mass is 10.2. The van der Waals surface area contributed by atoms with Crippen molar-refractivity contribution in [3.05, 3.63) is 101 Å². The van der Waals surface area contributed by atoms with Gasteiger partial charge in [0.25, 0.3) is 10.0 Å². The van der Waals surface area contributed by atoms with Crippen LogP contribution in [0, 0.1) is 0 Å². The predicted molar refractivity (Wildman–Crippen MR) is 118 cm³/mol. The van der Waals surface area contributed by atoms with E-state index in [1.54, 1.807) is 35.1 Å². The summed E-state index contributed by atoms with van der Waals surface area (Å²) in [5.41, 5.74) is 2.70. The molecule has 0 saturated carbocycles. The van der Waals surface area contributed by atoms with E-state index >= 15 is 0 Å². The van der Waals surface area contributed by atoms with Crippen LogP contribution in [0.3, 0.4) is 0 Å². The maximum absolute atomic E-state index is 13.2. The van der Waals surface area contributed by atoms with Crippen molar-refractivity contribution in [2.75, 3.05) is 4.72 Å². The molecule has 0 saturated heterocycles. The molecule has 1 N–H and O–H groups in total. The van der Waals surface area contributed by atoms with E-state index < -0.39 is 10.0 Å². The Hall–Kier alpha value is -2.90. The van der Waals surface area contributed by atoms with Crippen molar-refractivity contribution in [3.8, 4) is 11.3 Å². The number of halogens is 1. The van der Waals surface area contributed by atoms with Gasteiger partial charge in [-0.3, -0.25) is 9.40 Å². The summed E-state index contributed by atoms with van der Waals surface area (Å²) >= 11 is 3.36. The molecule has 0 aliphatic carbocycles. The van der Waals surface area contributed by atoms with Crippen LogP contribution in [0.15, 0.2) is 100 Å². The number of hydrogen-bond acceptors (Lipinski definition) is 3. The molecule has 0 aliphatic rings. The van der Waals surface area contributed by atoms with Gasteiger partial charge in [-0.2, -0.15) is 5.10 Å². The molecule has 4 rings (SSSR count). The summed E-state index contributed by atoms with van der Waals surface area (Å²) in [5.74, 6) is 0. The van der Waals surface area contributed by atoms with Gasteiger partial charge in [0.05, 0.1) is 6.54 Å². The third-order valence-corrected chi connectivity index (χ3v) is 6.26. The van der Waals surface area contributed by atoms with Crippen LogP contribution in [0.2, 0.25) is 0 Å². The molecular weight excluding hydrogens is 450 g/mol. The summed E-state index contributed by atoms with van der Waals surface area (Å²) in [7, 11) is -3.83. The fraction of sp³-hybridized carbons (Fsp3) is 0.0455. The molecular formula is C22H18BrN3O2S. The zero-order valence-corrected chi connectivity index (χ0v) is 17.8. The lowest BCUT2D eigenvalue weighted by Crippen LogP contribution is -2.13. The van der Waals surface area contributed by atoms with Gasteiger partial charge in [-0.05, 0) is 29.8 Å². The second-order valence-electron chi connectivity index (χ2n) is 6.50. The van der Waals surface area contributed by atoms with Gasteiger partial charge < -0.3 is 0 Å². The van der Waals surface area contributed by atoms with Crippen LogP contribution in [0.1, 0.15) is 5.56 Å². The Morgan fingerprint density at radius 1 is 0.862 bits per heavy atom. The molecule has 0 radical (unpaired) electrons. The maximum atomic E-state index is 13.2. The van der Waals surface area contributed by atoms with Gasteiger partial charge in [-0.15, -0.1) is 0 Å². The first-order chi connectivity index (χ1) is 14.0. The molecule has 4 aromatic rings.